The van der Waals surface area contributed by atoms with Crippen molar-refractivity contribution in [2.24, 2.45) is 5.73 Å². The van der Waals surface area contributed by atoms with E-state index in [0.29, 0.717) is 5.56 Å². The third-order valence-corrected chi connectivity index (χ3v) is 3.22. The number of ether oxygens (including phenoxy) is 1. The molecule has 0 aliphatic rings. The average Bonchev–Trinajstić information content (AvgIpc) is 2.38. The molecule has 0 aliphatic carbocycles. The molecule has 6 heteroatoms. The molecule has 1 atom stereocenters. The maximum absolute atomic E-state index is 11.2. The predicted octanol–water partition coefficient (Wildman–Crippen LogP) is 2.16. The van der Waals surface area contributed by atoms with E-state index in [9.17, 15) is 20.1 Å². The van der Waals surface area contributed by atoms with Crippen molar-refractivity contribution in [2.45, 2.75) is 12.5 Å². The van der Waals surface area contributed by atoms with E-state index < -0.39 is 11.7 Å². The van der Waals surface area contributed by atoms with Crippen LogP contribution in [0.4, 0.5) is 4.79 Å². The van der Waals surface area contributed by atoms with Crippen LogP contribution in [0.15, 0.2) is 42.5 Å². The Balaban J connectivity index is 2.60. The molecule has 0 heterocycles. The van der Waals surface area contributed by atoms with Crippen LogP contribution in [-0.4, -0.2) is 21.4 Å². The zero-order chi connectivity index (χ0) is 15.6. The van der Waals surface area contributed by atoms with E-state index >= 15 is 0 Å². The highest BCUT2D eigenvalue weighted by atomic mass is 16.6. The van der Waals surface area contributed by atoms with Crippen molar-refractivity contribution < 1.29 is 24.9 Å². The summed E-state index contributed by atoms with van der Waals surface area (Å²) in [4.78, 5) is 11.2. The molecule has 0 radical (unpaired) electrons. The number of amides is 1. The Morgan fingerprint density at radius 3 is 2.14 bits per heavy atom. The van der Waals surface area contributed by atoms with E-state index in [1.165, 1.54) is 24.3 Å². The molecule has 6 nitrogen and oxygen atoms in total. The van der Waals surface area contributed by atoms with Crippen LogP contribution >= 0.6 is 0 Å². The van der Waals surface area contributed by atoms with Crippen LogP contribution < -0.4 is 5.73 Å². The van der Waals surface area contributed by atoms with Crippen molar-refractivity contribution in [3.05, 3.63) is 53.6 Å². The van der Waals surface area contributed by atoms with E-state index in [2.05, 4.69) is 0 Å². The van der Waals surface area contributed by atoms with Gasteiger partial charge in [0.15, 0.2) is 5.60 Å². The summed E-state index contributed by atoms with van der Waals surface area (Å²) in [5.41, 5.74) is 4.51. The topological polar surface area (TPSA) is 113 Å². The fraction of sp³-hybridized carbons (Fsp3) is 0.133. The monoisotopic (exact) mass is 289 g/mol. The molecule has 0 spiro atoms. The molecular formula is C15H15NO5. The van der Waals surface area contributed by atoms with Crippen molar-refractivity contribution in [1.29, 1.82) is 0 Å². The fourth-order valence-corrected chi connectivity index (χ4v) is 2.17. The lowest BCUT2D eigenvalue weighted by Crippen LogP contribution is -2.33. The number of carbonyl (C=O) groups excluding carboxylic acids is 1. The zero-order valence-electron chi connectivity index (χ0n) is 11.3. The van der Waals surface area contributed by atoms with Crippen molar-refractivity contribution in [2.75, 3.05) is 0 Å². The summed E-state index contributed by atoms with van der Waals surface area (Å²) >= 11 is 0. The van der Waals surface area contributed by atoms with Gasteiger partial charge in [0.05, 0.1) is 0 Å². The number of carbonyl (C=O) groups is 1. The Kier molecular flexibility index (Phi) is 3.62. The van der Waals surface area contributed by atoms with E-state index in [1.54, 1.807) is 19.1 Å². The molecule has 0 bridgehead atoms. The molecular weight excluding hydrogens is 274 g/mol. The number of benzene rings is 2. The van der Waals surface area contributed by atoms with Crippen molar-refractivity contribution in [1.82, 2.24) is 0 Å². The van der Waals surface area contributed by atoms with Crippen LogP contribution in [-0.2, 0) is 10.3 Å². The molecule has 2 rings (SSSR count). The lowest BCUT2D eigenvalue weighted by molar-refractivity contribution is 0.0578. The smallest absolute Gasteiger partial charge is 0.405 e. The van der Waals surface area contributed by atoms with E-state index in [1.807, 2.05) is 0 Å². The molecule has 0 saturated heterocycles. The van der Waals surface area contributed by atoms with E-state index in [4.69, 9.17) is 10.5 Å². The van der Waals surface area contributed by atoms with Crippen LogP contribution in [0.3, 0.4) is 0 Å². The Morgan fingerprint density at radius 2 is 1.62 bits per heavy atom. The number of phenols is 3. The first-order chi connectivity index (χ1) is 9.83. The van der Waals surface area contributed by atoms with Gasteiger partial charge >= 0.3 is 6.09 Å². The van der Waals surface area contributed by atoms with Gasteiger partial charge < -0.3 is 25.8 Å². The Morgan fingerprint density at radius 1 is 1.05 bits per heavy atom. The highest BCUT2D eigenvalue weighted by molar-refractivity contribution is 5.67. The second-order valence-corrected chi connectivity index (χ2v) is 4.70. The quantitative estimate of drug-likeness (QED) is 0.691. The zero-order valence-corrected chi connectivity index (χ0v) is 11.3. The largest absolute Gasteiger partial charge is 0.508 e. The molecule has 5 N–H and O–H groups in total. The summed E-state index contributed by atoms with van der Waals surface area (Å²) in [5.74, 6) is -0.315. The Bertz CT molecular complexity index is 668. The summed E-state index contributed by atoms with van der Waals surface area (Å²) in [6.45, 7) is 1.55. The number of hydrogen-bond acceptors (Lipinski definition) is 5. The van der Waals surface area contributed by atoms with Gasteiger partial charge in [-0.05, 0) is 31.2 Å². The summed E-state index contributed by atoms with van der Waals surface area (Å²) in [6, 6.07) is 9.87. The van der Waals surface area contributed by atoms with Gasteiger partial charge in [-0.2, -0.15) is 0 Å². The number of aromatic hydroxyl groups is 3. The van der Waals surface area contributed by atoms with Crippen LogP contribution in [0.5, 0.6) is 17.2 Å². The summed E-state index contributed by atoms with van der Waals surface area (Å²) in [7, 11) is 0. The maximum atomic E-state index is 11.2. The number of rotatable bonds is 3. The van der Waals surface area contributed by atoms with Gasteiger partial charge in [0.25, 0.3) is 0 Å². The first-order valence-corrected chi connectivity index (χ1v) is 6.13. The molecule has 1 unspecified atom stereocenters. The molecule has 0 saturated carbocycles. The molecule has 21 heavy (non-hydrogen) atoms. The van der Waals surface area contributed by atoms with Crippen molar-refractivity contribution >= 4 is 6.09 Å². The van der Waals surface area contributed by atoms with Gasteiger partial charge in [0.2, 0.25) is 0 Å². The number of hydrogen-bond donors (Lipinski definition) is 4. The lowest BCUT2D eigenvalue weighted by atomic mass is 9.87. The number of phenolic OH excluding ortho intramolecular Hbond substituents is 3. The van der Waals surface area contributed by atoms with Crippen LogP contribution in [0, 0.1) is 0 Å². The third kappa shape index (κ3) is 2.84. The molecule has 0 fully saturated rings. The minimum atomic E-state index is -1.36. The van der Waals surface area contributed by atoms with Crippen LogP contribution in [0.25, 0.3) is 0 Å². The highest BCUT2D eigenvalue weighted by Gasteiger charge is 2.35. The number of nitrogens with two attached hydrogens (primary N) is 1. The first-order valence-electron chi connectivity index (χ1n) is 6.13. The molecule has 0 aromatic heterocycles. The lowest BCUT2D eigenvalue weighted by Gasteiger charge is -2.30. The van der Waals surface area contributed by atoms with Gasteiger partial charge in [-0.1, -0.05) is 12.1 Å². The summed E-state index contributed by atoms with van der Waals surface area (Å²) in [6.07, 6.45) is -1.02. The van der Waals surface area contributed by atoms with Gasteiger partial charge in [-0.25, -0.2) is 4.79 Å². The van der Waals surface area contributed by atoms with Crippen LogP contribution in [0.2, 0.25) is 0 Å². The normalized spacial score (nSPS) is 13.4. The minimum absolute atomic E-state index is 0.0510. The summed E-state index contributed by atoms with van der Waals surface area (Å²) < 4.78 is 5.19. The molecule has 2 aromatic rings. The maximum Gasteiger partial charge on any atom is 0.405 e. The van der Waals surface area contributed by atoms with E-state index in [-0.39, 0.29) is 22.8 Å². The highest BCUT2D eigenvalue weighted by Crippen LogP contribution is 2.40. The third-order valence-electron chi connectivity index (χ3n) is 3.22. The summed E-state index contributed by atoms with van der Waals surface area (Å²) in [5, 5.41) is 28.7. The van der Waals surface area contributed by atoms with Gasteiger partial charge in [-0.15, -0.1) is 0 Å². The first kappa shape index (κ1) is 14.5. The number of primary amides is 1. The fourth-order valence-electron chi connectivity index (χ4n) is 2.17. The predicted molar refractivity (Wildman–Crippen MR) is 75.0 cm³/mol. The van der Waals surface area contributed by atoms with E-state index in [0.717, 1.165) is 6.07 Å². The van der Waals surface area contributed by atoms with Crippen LogP contribution in [0.1, 0.15) is 18.1 Å². The van der Waals surface area contributed by atoms with Crippen molar-refractivity contribution in [3.8, 4) is 17.2 Å². The average molecular weight is 289 g/mol. The molecule has 2 aromatic carbocycles. The molecule has 110 valence electrons. The van der Waals surface area contributed by atoms with Gasteiger partial charge in [0.1, 0.15) is 17.2 Å². The Labute approximate surface area is 121 Å². The minimum Gasteiger partial charge on any atom is -0.508 e. The standard InChI is InChI=1S/C15H15NO5/c1-15(21-14(16)20,9-2-4-10(17)5-3-9)12-7-6-11(18)8-13(12)19/h2-8,17-19H,1H3,(H2,16,20). The Hall–Kier alpha value is -2.89. The SMILES string of the molecule is CC(OC(N)=O)(c1ccc(O)cc1)c1ccc(O)cc1O. The second-order valence-electron chi connectivity index (χ2n) is 4.70. The molecule has 0 aliphatic heterocycles. The second kappa shape index (κ2) is 5.24. The molecule has 1 amide bonds. The van der Waals surface area contributed by atoms with Crippen molar-refractivity contribution in [3.63, 3.8) is 0 Å². The van der Waals surface area contributed by atoms with Gasteiger partial charge in [0, 0.05) is 17.2 Å². The van der Waals surface area contributed by atoms with Gasteiger partial charge in [-0.3, -0.25) is 0 Å².